The first kappa shape index (κ1) is 33.4. The van der Waals surface area contributed by atoms with Crippen LogP contribution in [0.4, 0.5) is 4.79 Å². The maximum atomic E-state index is 12.7. The number of sulfonamides is 1. The van der Waals surface area contributed by atoms with Crippen molar-refractivity contribution in [1.82, 2.24) is 14.9 Å². The highest BCUT2D eigenvalue weighted by Crippen LogP contribution is 2.42. The normalized spacial score (nSPS) is 17.0. The van der Waals surface area contributed by atoms with E-state index in [4.69, 9.17) is 42.1 Å². The summed E-state index contributed by atoms with van der Waals surface area (Å²) in [6.45, 7) is 6.86. The van der Waals surface area contributed by atoms with Gasteiger partial charge in [-0.1, -0.05) is 23.2 Å². The molecule has 0 radical (unpaired) electrons. The zero-order chi connectivity index (χ0) is 30.2. The van der Waals surface area contributed by atoms with Crippen LogP contribution in [0.2, 0.25) is 10.0 Å². The molecule has 0 fully saturated rings. The van der Waals surface area contributed by atoms with Crippen LogP contribution in [0.5, 0.6) is 5.75 Å². The van der Waals surface area contributed by atoms with E-state index in [2.05, 4.69) is 14.9 Å². The minimum Gasteiger partial charge on any atom is -0.484 e. The molecule has 2 aromatic carbocycles. The Morgan fingerprint density at radius 3 is 2.24 bits per heavy atom. The van der Waals surface area contributed by atoms with Gasteiger partial charge in [0.25, 0.3) is 0 Å². The lowest BCUT2D eigenvalue weighted by atomic mass is 10.1. The van der Waals surface area contributed by atoms with Gasteiger partial charge in [0.2, 0.25) is 10.0 Å². The molecule has 3 rings (SSSR count). The smallest absolute Gasteiger partial charge is 0.407 e. The van der Waals surface area contributed by atoms with Crippen LogP contribution in [-0.4, -0.2) is 84.7 Å². The predicted octanol–water partition coefficient (Wildman–Crippen LogP) is 4.44. The van der Waals surface area contributed by atoms with E-state index in [9.17, 15) is 13.2 Å². The molecule has 1 aliphatic carbocycles. The quantitative estimate of drug-likeness (QED) is 0.294. The van der Waals surface area contributed by atoms with Crippen LogP contribution in [-0.2, 0) is 30.7 Å². The van der Waals surface area contributed by atoms with E-state index in [-0.39, 0.29) is 36.8 Å². The molecular formula is C28H39Cl2N3O7S. The molecule has 2 atom stereocenters. The Kier molecular flexibility index (Phi) is 12.1. The fourth-order valence-corrected chi connectivity index (χ4v) is 5.85. The maximum Gasteiger partial charge on any atom is 0.407 e. The monoisotopic (exact) mass is 631 g/mol. The zero-order valence-corrected chi connectivity index (χ0v) is 26.4. The molecule has 0 saturated heterocycles. The van der Waals surface area contributed by atoms with Crippen LogP contribution in [0.25, 0.3) is 0 Å². The third-order valence-electron chi connectivity index (χ3n) is 6.15. The molecule has 0 bridgehead atoms. The minimum atomic E-state index is -3.73. The number of benzene rings is 2. The van der Waals surface area contributed by atoms with Gasteiger partial charge in [-0.3, -0.25) is 0 Å². The Balaban J connectivity index is 1.40. The molecule has 41 heavy (non-hydrogen) atoms. The molecule has 228 valence electrons. The summed E-state index contributed by atoms with van der Waals surface area (Å²) in [5.74, 6) is 0.536. The number of nitrogens with zero attached hydrogens (tertiary/aromatic N) is 1. The first-order valence-electron chi connectivity index (χ1n) is 13.3. The van der Waals surface area contributed by atoms with Crippen LogP contribution in [0, 0.1) is 0 Å². The summed E-state index contributed by atoms with van der Waals surface area (Å²) in [7, 11) is 0.232. The van der Waals surface area contributed by atoms with Crippen molar-refractivity contribution in [2.45, 2.75) is 49.8 Å². The number of ether oxygens (including phenoxy) is 4. The van der Waals surface area contributed by atoms with Crippen molar-refractivity contribution in [1.29, 1.82) is 0 Å². The van der Waals surface area contributed by atoms with E-state index in [0.717, 1.165) is 17.5 Å². The lowest BCUT2D eigenvalue weighted by Gasteiger charge is -2.27. The molecule has 2 N–H and O–H groups in total. The molecule has 0 heterocycles. The molecule has 0 unspecified atom stereocenters. The van der Waals surface area contributed by atoms with Crippen molar-refractivity contribution >= 4 is 39.3 Å². The van der Waals surface area contributed by atoms with Crippen molar-refractivity contribution in [3.63, 3.8) is 0 Å². The van der Waals surface area contributed by atoms with Crippen molar-refractivity contribution < 1.29 is 32.2 Å². The van der Waals surface area contributed by atoms with Gasteiger partial charge in [-0.05, 0) is 83.2 Å². The lowest BCUT2D eigenvalue weighted by molar-refractivity contribution is 0.0408. The van der Waals surface area contributed by atoms with Gasteiger partial charge in [0, 0.05) is 28.7 Å². The second kappa shape index (κ2) is 14.9. The predicted molar refractivity (Wildman–Crippen MR) is 159 cm³/mol. The SMILES string of the molecule is CN(C)[C@H]1Cc2c(Cl)cc(Cl)cc2[C@@H]1Oc1ccc(S(=O)(=O)NCCOCCOCCNC(=O)OC(C)(C)C)cc1. The molecule has 1 aliphatic rings. The number of likely N-dealkylation sites (N-methyl/N-ethyl adjacent to an activating group) is 1. The summed E-state index contributed by atoms with van der Waals surface area (Å²) in [4.78, 5) is 13.7. The van der Waals surface area contributed by atoms with E-state index < -0.39 is 21.7 Å². The van der Waals surface area contributed by atoms with Crippen molar-refractivity contribution in [2.24, 2.45) is 0 Å². The van der Waals surface area contributed by atoms with Gasteiger partial charge in [-0.15, -0.1) is 0 Å². The van der Waals surface area contributed by atoms with Gasteiger partial charge >= 0.3 is 6.09 Å². The van der Waals surface area contributed by atoms with E-state index in [0.29, 0.717) is 35.6 Å². The molecule has 1 amide bonds. The molecular weight excluding hydrogens is 593 g/mol. The van der Waals surface area contributed by atoms with Gasteiger partial charge in [-0.2, -0.15) is 0 Å². The Morgan fingerprint density at radius 1 is 1.00 bits per heavy atom. The summed E-state index contributed by atoms with van der Waals surface area (Å²) in [5, 5.41) is 3.75. The number of nitrogens with one attached hydrogen (secondary N) is 2. The highest BCUT2D eigenvalue weighted by Gasteiger charge is 2.37. The highest BCUT2D eigenvalue weighted by molar-refractivity contribution is 7.89. The number of alkyl carbamates (subject to hydrolysis) is 1. The highest BCUT2D eigenvalue weighted by atomic mass is 35.5. The Hall–Kier alpha value is -2.12. The first-order valence-corrected chi connectivity index (χ1v) is 15.5. The van der Waals surface area contributed by atoms with Crippen LogP contribution >= 0.6 is 23.2 Å². The molecule has 2 aromatic rings. The molecule has 0 saturated carbocycles. The van der Waals surface area contributed by atoms with Crippen LogP contribution in [0.1, 0.15) is 38.0 Å². The van der Waals surface area contributed by atoms with Crippen molar-refractivity contribution in [2.75, 3.05) is 53.6 Å². The number of halogens is 2. The maximum absolute atomic E-state index is 12.7. The number of hydrogen-bond donors (Lipinski definition) is 2. The van der Waals surface area contributed by atoms with Gasteiger partial charge in [0.05, 0.1) is 37.4 Å². The first-order chi connectivity index (χ1) is 19.3. The number of amides is 1. The summed E-state index contributed by atoms with van der Waals surface area (Å²) in [6, 6.07) is 9.93. The second-order valence-corrected chi connectivity index (χ2v) is 13.4. The molecule has 13 heteroatoms. The van der Waals surface area contributed by atoms with Gasteiger partial charge in [0.1, 0.15) is 17.5 Å². The fraction of sp³-hybridized carbons (Fsp3) is 0.536. The summed E-state index contributed by atoms with van der Waals surface area (Å²) in [5.41, 5.74) is 1.39. The van der Waals surface area contributed by atoms with E-state index in [1.165, 1.54) is 12.1 Å². The summed E-state index contributed by atoms with van der Waals surface area (Å²) >= 11 is 12.7. The minimum absolute atomic E-state index is 0.0466. The van der Waals surface area contributed by atoms with Gasteiger partial charge in [0.15, 0.2) is 0 Å². The van der Waals surface area contributed by atoms with Crippen LogP contribution in [0.15, 0.2) is 41.3 Å². The standard InChI is InChI=1S/C28H39Cl2N3O7S/c1-28(2,3)40-27(34)31-10-12-37-14-15-38-13-11-32-41(35,36)21-8-6-20(7-9-21)39-26-23-16-19(29)17-24(30)22(23)18-25(26)33(4)5/h6-9,16-17,25-26,32H,10-15,18H2,1-5H3,(H,31,34)/t25-,26-/m0/s1. The van der Waals surface area contributed by atoms with Crippen molar-refractivity contribution in [3.8, 4) is 5.75 Å². The van der Waals surface area contributed by atoms with E-state index >= 15 is 0 Å². The average Bonchev–Trinajstić information content (AvgIpc) is 3.23. The molecule has 10 nitrogen and oxygen atoms in total. The third kappa shape index (κ3) is 10.3. The number of hydrogen-bond acceptors (Lipinski definition) is 8. The number of fused-ring (bicyclic) bond motifs is 1. The largest absolute Gasteiger partial charge is 0.484 e. The topological polar surface area (TPSA) is 115 Å². The second-order valence-electron chi connectivity index (χ2n) is 10.8. The van der Waals surface area contributed by atoms with E-state index in [1.807, 2.05) is 20.2 Å². The number of carbonyl (C=O) groups is 1. The number of rotatable bonds is 14. The Labute approximate surface area is 252 Å². The fourth-order valence-electron chi connectivity index (χ4n) is 4.25. The van der Waals surface area contributed by atoms with Crippen LogP contribution < -0.4 is 14.8 Å². The Morgan fingerprint density at radius 2 is 1.63 bits per heavy atom. The zero-order valence-electron chi connectivity index (χ0n) is 24.0. The molecule has 0 aliphatic heterocycles. The molecule has 0 spiro atoms. The number of carbonyl (C=O) groups excluding carboxylic acids is 1. The summed E-state index contributed by atoms with van der Waals surface area (Å²) in [6.07, 6.45) is -0.0852. The van der Waals surface area contributed by atoms with Crippen LogP contribution in [0.3, 0.4) is 0 Å². The van der Waals surface area contributed by atoms with E-state index in [1.54, 1.807) is 39.0 Å². The summed E-state index contributed by atoms with van der Waals surface area (Å²) < 4.78 is 50.2. The average molecular weight is 633 g/mol. The Bertz CT molecular complexity index is 1270. The third-order valence-corrected chi connectivity index (χ3v) is 8.18. The van der Waals surface area contributed by atoms with Crippen molar-refractivity contribution in [3.05, 3.63) is 57.6 Å². The van der Waals surface area contributed by atoms with Gasteiger partial charge < -0.3 is 29.2 Å². The lowest BCUT2D eigenvalue weighted by Crippen LogP contribution is -2.34. The molecule has 0 aromatic heterocycles. The van der Waals surface area contributed by atoms with Gasteiger partial charge in [-0.25, -0.2) is 17.9 Å².